The molecule has 16 heavy (non-hydrogen) atoms. The highest BCUT2D eigenvalue weighted by Gasteiger charge is 2.08. The van der Waals surface area contributed by atoms with Gasteiger partial charge in [0.05, 0.1) is 6.20 Å². The number of nitrogens with one attached hydrogen (secondary N) is 1. The zero-order chi connectivity index (χ0) is 11.5. The molecule has 0 saturated carbocycles. The maximum Gasteiger partial charge on any atom is 0.223 e. The lowest BCUT2D eigenvalue weighted by Gasteiger charge is -2.04. The van der Waals surface area contributed by atoms with Crippen LogP contribution in [0.15, 0.2) is 34.9 Å². The zero-order valence-electron chi connectivity index (χ0n) is 8.54. The van der Waals surface area contributed by atoms with Crippen molar-refractivity contribution in [1.82, 2.24) is 9.97 Å². The van der Waals surface area contributed by atoms with Crippen molar-refractivity contribution >= 4 is 21.9 Å². The van der Waals surface area contributed by atoms with Crippen LogP contribution in [0.5, 0.6) is 0 Å². The molecule has 0 aliphatic heterocycles. The van der Waals surface area contributed by atoms with Gasteiger partial charge in [-0.15, -0.1) is 0 Å². The monoisotopic (exact) mass is 281 g/mol. The average molecular weight is 282 g/mol. The van der Waals surface area contributed by atoms with E-state index in [1.807, 2.05) is 12.1 Å². The number of hydrogen-bond acceptors (Lipinski definition) is 3. The number of nitrogens with zero attached hydrogens (tertiary/aromatic N) is 2. The lowest BCUT2D eigenvalue weighted by molar-refractivity contribution is 0.619. The topological polar surface area (TPSA) is 37.8 Å². The van der Waals surface area contributed by atoms with Gasteiger partial charge < -0.3 is 5.32 Å². The Kier molecular flexibility index (Phi) is 3.14. The highest BCUT2D eigenvalue weighted by atomic mass is 79.9. The predicted molar refractivity (Wildman–Crippen MR) is 64.7 cm³/mol. The molecule has 3 nitrogen and oxygen atoms in total. The summed E-state index contributed by atoms with van der Waals surface area (Å²) in [5.41, 5.74) is 1.02. The SMILES string of the molecule is CNc1ncc(F)c(-c2ccc(Br)cc2)n1. The minimum Gasteiger partial charge on any atom is -0.357 e. The van der Waals surface area contributed by atoms with Gasteiger partial charge in [-0.25, -0.2) is 14.4 Å². The van der Waals surface area contributed by atoms with E-state index in [-0.39, 0.29) is 0 Å². The van der Waals surface area contributed by atoms with Crippen LogP contribution in [0.1, 0.15) is 0 Å². The summed E-state index contributed by atoms with van der Waals surface area (Å²) in [6.07, 6.45) is 1.16. The summed E-state index contributed by atoms with van der Waals surface area (Å²) < 4.78 is 14.5. The molecule has 1 N–H and O–H groups in total. The van der Waals surface area contributed by atoms with Crippen molar-refractivity contribution < 1.29 is 4.39 Å². The number of benzene rings is 1. The second kappa shape index (κ2) is 4.57. The molecule has 2 rings (SSSR count). The molecule has 5 heteroatoms. The highest BCUT2D eigenvalue weighted by Crippen LogP contribution is 2.22. The Hall–Kier alpha value is -1.49. The van der Waals surface area contributed by atoms with Crippen molar-refractivity contribution in [1.29, 1.82) is 0 Å². The third-order valence-electron chi connectivity index (χ3n) is 2.09. The second-order valence-corrected chi connectivity index (χ2v) is 4.06. The maximum atomic E-state index is 13.5. The molecule has 0 saturated heterocycles. The van der Waals surface area contributed by atoms with E-state index in [0.29, 0.717) is 11.6 Å². The fraction of sp³-hybridized carbons (Fsp3) is 0.0909. The summed E-state index contributed by atoms with van der Waals surface area (Å²) in [5.74, 6) is -0.0272. The molecule has 0 aliphatic rings. The van der Waals surface area contributed by atoms with Crippen LogP contribution in [-0.4, -0.2) is 17.0 Å². The Morgan fingerprint density at radius 1 is 1.25 bits per heavy atom. The van der Waals surface area contributed by atoms with Crippen LogP contribution in [0.25, 0.3) is 11.3 Å². The summed E-state index contributed by atoms with van der Waals surface area (Å²) in [6, 6.07) is 7.29. The Balaban J connectivity index is 2.50. The van der Waals surface area contributed by atoms with Crippen LogP contribution >= 0.6 is 15.9 Å². The van der Waals surface area contributed by atoms with Gasteiger partial charge in [0, 0.05) is 17.1 Å². The third-order valence-corrected chi connectivity index (χ3v) is 2.61. The van der Waals surface area contributed by atoms with Gasteiger partial charge in [0.1, 0.15) is 5.69 Å². The number of halogens is 2. The molecule has 1 heterocycles. The van der Waals surface area contributed by atoms with E-state index in [1.165, 1.54) is 0 Å². The van der Waals surface area contributed by atoms with Crippen molar-refractivity contribution in [3.63, 3.8) is 0 Å². The Bertz CT molecular complexity index is 499. The van der Waals surface area contributed by atoms with Gasteiger partial charge in [0.2, 0.25) is 5.95 Å². The van der Waals surface area contributed by atoms with Gasteiger partial charge in [-0.3, -0.25) is 0 Å². The van der Waals surface area contributed by atoms with E-state index in [4.69, 9.17) is 0 Å². The number of hydrogen-bond donors (Lipinski definition) is 1. The van der Waals surface area contributed by atoms with Crippen molar-refractivity contribution in [3.05, 3.63) is 40.8 Å². The molecule has 0 radical (unpaired) electrons. The largest absolute Gasteiger partial charge is 0.357 e. The first-order valence-electron chi connectivity index (χ1n) is 4.67. The first-order chi connectivity index (χ1) is 7.70. The van der Waals surface area contributed by atoms with E-state index in [1.54, 1.807) is 19.2 Å². The molecular formula is C11H9BrFN3. The maximum absolute atomic E-state index is 13.5. The summed E-state index contributed by atoms with van der Waals surface area (Å²) in [7, 11) is 1.69. The van der Waals surface area contributed by atoms with E-state index in [9.17, 15) is 4.39 Å². The van der Waals surface area contributed by atoms with Crippen LogP contribution < -0.4 is 5.32 Å². The molecule has 0 unspecified atom stereocenters. The first kappa shape index (κ1) is 11.0. The minimum atomic E-state index is -0.429. The molecule has 0 atom stereocenters. The summed E-state index contributed by atoms with van der Waals surface area (Å²) in [6.45, 7) is 0. The van der Waals surface area contributed by atoms with Crippen LogP contribution in [-0.2, 0) is 0 Å². The summed E-state index contributed by atoms with van der Waals surface area (Å²) >= 11 is 3.33. The smallest absolute Gasteiger partial charge is 0.223 e. The van der Waals surface area contributed by atoms with Crippen molar-refractivity contribution in [2.45, 2.75) is 0 Å². The van der Waals surface area contributed by atoms with Gasteiger partial charge in [0.25, 0.3) is 0 Å². The van der Waals surface area contributed by atoms with Gasteiger partial charge in [-0.05, 0) is 12.1 Å². The van der Waals surface area contributed by atoms with E-state index in [0.717, 1.165) is 16.2 Å². The molecule has 82 valence electrons. The molecule has 0 amide bonds. The standard InChI is InChI=1S/C11H9BrFN3/c1-14-11-15-6-9(13)10(16-11)7-2-4-8(12)5-3-7/h2-6H,1H3,(H,14,15,16). The number of rotatable bonds is 2. The second-order valence-electron chi connectivity index (χ2n) is 3.15. The predicted octanol–water partition coefficient (Wildman–Crippen LogP) is 3.09. The normalized spacial score (nSPS) is 10.2. The van der Waals surface area contributed by atoms with Gasteiger partial charge in [-0.1, -0.05) is 28.1 Å². The van der Waals surface area contributed by atoms with Crippen LogP contribution in [0.2, 0.25) is 0 Å². The molecule has 0 spiro atoms. The molecule has 0 aliphatic carbocycles. The average Bonchev–Trinajstić information content (AvgIpc) is 2.31. The fourth-order valence-electron chi connectivity index (χ4n) is 1.30. The molecule has 0 fully saturated rings. The molecular weight excluding hydrogens is 273 g/mol. The summed E-state index contributed by atoms with van der Waals surface area (Å²) in [4.78, 5) is 7.87. The lowest BCUT2D eigenvalue weighted by atomic mass is 10.1. The quantitative estimate of drug-likeness (QED) is 0.919. The Morgan fingerprint density at radius 2 is 1.94 bits per heavy atom. The van der Waals surface area contributed by atoms with E-state index in [2.05, 4.69) is 31.2 Å². The van der Waals surface area contributed by atoms with Crippen molar-refractivity contribution in [3.8, 4) is 11.3 Å². The third kappa shape index (κ3) is 2.19. The van der Waals surface area contributed by atoms with Crippen molar-refractivity contribution in [2.24, 2.45) is 0 Å². The lowest BCUT2D eigenvalue weighted by Crippen LogP contribution is -1.99. The number of anilines is 1. The van der Waals surface area contributed by atoms with E-state index >= 15 is 0 Å². The van der Waals surface area contributed by atoms with E-state index < -0.39 is 5.82 Å². The minimum absolute atomic E-state index is 0.298. The number of aromatic nitrogens is 2. The zero-order valence-corrected chi connectivity index (χ0v) is 10.1. The van der Waals surface area contributed by atoms with Crippen LogP contribution in [0, 0.1) is 5.82 Å². The molecule has 0 bridgehead atoms. The Labute approximate surface area is 101 Å². The molecule has 1 aromatic carbocycles. The summed E-state index contributed by atoms with van der Waals surface area (Å²) in [5, 5.41) is 2.78. The van der Waals surface area contributed by atoms with Gasteiger partial charge >= 0.3 is 0 Å². The first-order valence-corrected chi connectivity index (χ1v) is 5.46. The highest BCUT2D eigenvalue weighted by molar-refractivity contribution is 9.10. The van der Waals surface area contributed by atoms with Gasteiger partial charge in [0.15, 0.2) is 5.82 Å². The fourth-order valence-corrected chi connectivity index (χ4v) is 1.56. The Morgan fingerprint density at radius 3 is 2.56 bits per heavy atom. The molecule has 1 aromatic heterocycles. The van der Waals surface area contributed by atoms with Crippen molar-refractivity contribution in [2.75, 3.05) is 12.4 Å². The van der Waals surface area contributed by atoms with Gasteiger partial charge in [-0.2, -0.15) is 0 Å². The van der Waals surface area contributed by atoms with Crippen LogP contribution in [0.3, 0.4) is 0 Å². The molecule has 2 aromatic rings. The van der Waals surface area contributed by atoms with Crippen LogP contribution in [0.4, 0.5) is 10.3 Å².